The van der Waals surface area contributed by atoms with Gasteiger partial charge in [0.25, 0.3) is 5.91 Å². The lowest BCUT2D eigenvalue weighted by atomic mass is 10.2. The van der Waals surface area contributed by atoms with Crippen LogP contribution in [-0.2, 0) is 16.6 Å². The summed E-state index contributed by atoms with van der Waals surface area (Å²) in [5, 5.41) is 13.8. The topological polar surface area (TPSA) is 97.5 Å². The van der Waals surface area contributed by atoms with Crippen molar-refractivity contribution in [2.24, 2.45) is 7.05 Å². The maximum Gasteiger partial charge on any atom is 0.306 e. The summed E-state index contributed by atoms with van der Waals surface area (Å²) in [6.07, 6.45) is 2.99. The summed E-state index contributed by atoms with van der Waals surface area (Å²) >= 11 is 1.33. The first kappa shape index (κ1) is 16.6. The maximum atomic E-state index is 12.8. The van der Waals surface area contributed by atoms with Crippen LogP contribution < -0.4 is 0 Å². The minimum Gasteiger partial charge on any atom is -0.481 e. The van der Waals surface area contributed by atoms with Gasteiger partial charge in [0.1, 0.15) is 9.88 Å². The van der Waals surface area contributed by atoms with Gasteiger partial charge in [-0.05, 0) is 6.92 Å². The number of aryl methyl sites for hydroxylation is 2. The summed E-state index contributed by atoms with van der Waals surface area (Å²) in [5.74, 6) is -1.05. The molecule has 0 radical (unpaired) electrons. The smallest absolute Gasteiger partial charge is 0.306 e. The van der Waals surface area contributed by atoms with Gasteiger partial charge in [0.15, 0.2) is 0 Å². The number of hydrogen-bond donors (Lipinski definition) is 1. The fraction of sp³-hybridized carbons (Fsp3) is 0.467. The van der Waals surface area contributed by atoms with Gasteiger partial charge in [0.2, 0.25) is 0 Å². The second-order valence-electron chi connectivity index (χ2n) is 5.68. The van der Waals surface area contributed by atoms with Crippen LogP contribution in [0.2, 0.25) is 0 Å². The molecular weight excluding hydrogens is 332 g/mol. The highest BCUT2D eigenvalue weighted by molar-refractivity contribution is 7.17. The first-order valence-electron chi connectivity index (χ1n) is 7.53. The van der Waals surface area contributed by atoms with Crippen LogP contribution in [0.3, 0.4) is 0 Å². The second-order valence-corrected chi connectivity index (χ2v) is 6.68. The first-order valence-corrected chi connectivity index (χ1v) is 8.35. The van der Waals surface area contributed by atoms with Crippen LogP contribution in [0.5, 0.6) is 0 Å². The van der Waals surface area contributed by atoms with E-state index in [4.69, 9.17) is 9.84 Å². The fourth-order valence-electron chi connectivity index (χ4n) is 2.62. The van der Waals surface area contributed by atoms with Crippen LogP contribution in [0, 0.1) is 6.92 Å². The minimum absolute atomic E-state index is 0.105. The van der Waals surface area contributed by atoms with Crippen molar-refractivity contribution >= 4 is 23.2 Å². The van der Waals surface area contributed by atoms with Crippen LogP contribution in [-0.4, -0.2) is 62.4 Å². The highest BCUT2D eigenvalue weighted by Crippen LogP contribution is 2.29. The molecule has 1 N–H and O–H groups in total. The molecule has 8 nitrogen and oxygen atoms in total. The Hall–Kier alpha value is -2.26. The standard InChI is InChI=1S/C15H18N4O4S/c1-9-13(24-14(17-9)10-6-16-18(2)7-10)15(22)19-3-4-23-11(8-19)5-12(20)21/h6-7,11H,3-5,8H2,1-2H3,(H,20,21). The molecule has 1 aliphatic heterocycles. The van der Waals surface area contributed by atoms with Gasteiger partial charge in [0.05, 0.1) is 31.0 Å². The number of ether oxygens (including phenoxy) is 1. The van der Waals surface area contributed by atoms with Crippen molar-refractivity contribution in [1.82, 2.24) is 19.7 Å². The van der Waals surface area contributed by atoms with Crippen LogP contribution in [0.15, 0.2) is 12.4 Å². The van der Waals surface area contributed by atoms with Crippen LogP contribution in [0.1, 0.15) is 21.8 Å². The van der Waals surface area contributed by atoms with E-state index < -0.39 is 12.1 Å². The molecule has 9 heteroatoms. The number of aliphatic carboxylic acids is 1. The largest absolute Gasteiger partial charge is 0.481 e. The molecule has 0 spiro atoms. The summed E-state index contributed by atoms with van der Waals surface area (Å²) in [5.41, 5.74) is 1.54. The molecule has 1 saturated heterocycles. The van der Waals surface area contributed by atoms with E-state index in [-0.39, 0.29) is 18.9 Å². The van der Waals surface area contributed by atoms with Gasteiger partial charge in [-0.3, -0.25) is 14.3 Å². The lowest BCUT2D eigenvalue weighted by Crippen LogP contribution is -2.46. The third-order valence-corrected chi connectivity index (χ3v) is 4.97. The zero-order chi connectivity index (χ0) is 17.3. The van der Waals surface area contributed by atoms with E-state index >= 15 is 0 Å². The van der Waals surface area contributed by atoms with Crippen molar-refractivity contribution in [1.29, 1.82) is 0 Å². The molecule has 128 valence electrons. The molecule has 0 saturated carbocycles. The summed E-state index contributed by atoms with van der Waals surface area (Å²) in [6.45, 7) is 2.88. The van der Waals surface area contributed by atoms with Gasteiger partial charge >= 0.3 is 5.97 Å². The Labute approximate surface area is 142 Å². The number of hydrogen-bond acceptors (Lipinski definition) is 6. The average molecular weight is 350 g/mol. The van der Waals surface area contributed by atoms with Crippen molar-refractivity contribution in [2.45, 2.75) is 19.4 Å². The average Bonchev–Trinajstić information content (AvgIpc) is 3.12. The van der Waals surface area contributed by atoms with Gasteiger partial charge in [-0.15, -0.1) is 11.3 Å². The van der Waals surface area contributed by atoms with E-state index in [9.17, 15) is 9.59 Å². The van der Waals surface area contributed by atoms with Crippen molar-refractivity contribution < 1.29 is 19.4 Å². The monoisotopic (exact) mass is 350 g/mol. The Morgan fingerprint density at radius 2 is 2.29 bits per heavy atom. The lowest BCUT2D eigenvalue weighted by molar-refractivity contribution is -0.141. The maximum absolute atomic E-state index is 12.8. The molecule has 2 aromatic heterocycles. The predicted octanol–water partition coefficient (Wildman–Crippen LogP) is 1.17. The molecule has 24 heavy (non-hydrogen) atoms. The summed E-state index contributed by atoms with van der Waals surface area (Å²) < 4.78 is 7.10. The molecule has 0 aliphatic carbocycles. The number of morpholine rings is 1. The number of rotatable bonds is 4. The van der Waals surface area contributed by atoms with Gasteiger partial charge in [-0.1, -0.05) is 0 Å². The lowest BCUT2D eigenvalue weighted by Gasteiger charge is -2.32. The van der Waals surface area contributed by atoms with E-state index in [0.29, 0.717) is 23.7 Å². The third kappa shape index (κ3) is 3.46. The third-order valence-electron chi connectivity index (χ3n) is 3.77. The predicted molar refractivity (Wildman–Crippen MR) is 86.9 cm³/mol. The Morgan fingerprint density at radius 1 is 1.50 bits per heavy atom. The summed E-state index contributed by atoms with van der Waals surface area (Å²) in [6, 6.07) is 0. The molecule has 0 bridgehead atoms. The van der Waals surface area contributed by atoms with Gasteiger partial charge in [-0.2, -0.15) is 5.10 Å². The number of amides is 1. The second kappa shape index (κ2) is 6.70. The van der Waals surface area contributed by atoms with Crippen LogP contribution in [0.25, 0.3) is 10.6 Å². The Bertz CT molecular complexity index is 769. The number of carbonyl (C=O) groups is 2. The highest BCUT2D eigenvalue weighted by Gasteiger charge is 2.29. The van der Waals surface area contributed by atoms with E-state index in [2.05, 4.69) is 10.1 Å². The summed E-state index contributed by atoms with van der Waals surface area (Å²) in [4.78, 5) is 30.3. The molecule has 3 rings (SSSR count). The molecule has 0 aromatic carbocycles. The van der Waals surface area contributed by atoms with E-state index in [1.807, 2.05) is 13.2 Å². The summed E-state index contributed by atoms with van der Waals surface area (Å²) in [7, 11) is 1.83. The quantitative estimate of drug-likeness (QED) is 0.889. The van der Waals surface area contributed by atoms with Crippen molar-refractivity contribution in [3.63, 3.8) is 0 Å². The Balaban J connectivity index is 1.77. The Kier molecular flexibility index (Phi) is 4.63. The molecule has 1 unspecified atom stereocenters. The number of carboxylic acid groups (broad SMARTS) is 1. The number of thiazole rings is 1. The number of aromatic nitrogens is 3. The van der Waals surface area contributed by atoms with Gasteiger partial charge < -0.3 is 14.7 Å². The van der Waals surface area contributed by atoms with Crippen molar-refractivity contribution in [3.8, 4) is 10.6 Å². The van der Waals surface area contributed by atoms with E-state index in [0.717, 1.165) is 10.6 Å². The molecule has 3 heterocycles. The van der Waals surface area contributed by atoms with Crippen LogP contribution in [0.4, 0.5) is 0 Å². The molecule has 1 fully saturated rings. The van der Waals surface area contributed by atoms with Crippen molar-refractivity contribution in [3.05, 3.63) is 23.0 Å². The number of carboxylic acids is 1. The van der Waals surface area contributed by atoms with E-state index in [1.54, 1.807) is 22.7 Å². The first-order chi connectivity index (χ1) is 11.4. The zero-order valence-corrected chi connectivity index (χ0v) is 14.2. The Morgan fingerprint density at radius 3 is 2.96 bits per heavy atom. The molecule has 1 atom stereocenters. The minimum atomic E-state index is -0.929. The fourth-order valence-corrected chi connectivity index (χ4v) is 3.62. The molecule has 1 aliphatic rings. The van der Waals surface area contributed by atoms with E-state index in [1.165, 1.54) is 11.3 Å². The molecular formula is C15H18N4O4S. The van der Waals surface area contributed by atoms with Gasteiger partial charge in [0, 0.05) is 31.9 Å². The molecule has 2 aromatic rings. The normalized spacial score (nSPS) is 17.9. The van der Waals surface area contributed by atoms with Crippen molar-refractivity contribution in [2.75, 3.05) is 19.7 Å². The molecule has 1 amide bonds. The number of nitrogens with zero attached hydrogens (tertiary/aromatic N) is 4. The van der Waals surface area contributed by atoms with Gasteiger partial charge in [-0.25, -0.2) is 4.98 Å². The zero-order valence-electron chi connectivity index (χ0n) is 13.4. The van der Waals surface area contributed by atoms with Crippen LogP contribution >= 0.6 is 11.3 Å². The highest BCUT2D eigenvalue weighted by atomic mass is 32.1. The SMILES string of the molecule is Cc1nc(-c2cnn(C)c2)sc1C(=O)N1CCOC(CC(=O)O)C1. The number of carbonyl (C=O) groups excluding carboxylic acids is 1.